The Bertz CT molecular complexity index is 534. The third-order valence-corrected chi connectivity index (χ3v) is 3.22. The average molecular weight is 243 g/mol. The van der Waals surface area contributed by atoms with E-state index in [4.69, 9.17) is 0 Å². The summed E-state index contributed by atoms with van der Waals surface area (Å²) in [6, 6.07) is 2.77. The van der Waals surface area contributed by atoms with Crippen LogP contribution in [0.1, 0.15) is 16.7 Å². The topological polar surface area (TPSA) is 77.3 Å². The van der Waals surface area contributed by atoms with Gasteiger partial charge in [0.25, 0.3) is 5.69 Å². The molecule has 5 nitrogen and oxygen atoms in total. The zero-order chi connectivity index (χ0) is 12.5. The number of hydrogen-bond acceptors (Lipinski definition) is 4. The summed E-state index contributed by atoms with van der Waals surface area (Å²) in [6.07, 6.45) is 1.11. The van der Waals surface area contributed by atoms with Gasteiger partial charge in [-0.05, 0) is 30.5 Å². The molecule has 0 saturated heterocycles. The fourth-order valence-electron chi connectivity index (χ4n) is 1.45. The fourth-order valence-corrected chi connectivity index (χ4v) is 2.31. The SMILES string of the molecule is Cc1cc([N+](=O)[O-])cc(CS(C)(=O)=O)c1C. The lowest BCUT2D eigenvalue weighted by Gasteiger charge is -2.07. The molecule has 0 fully saturated rings. The Morgan fingerprint density at radius 3 is 2.31 bits per heavy atom. The van der Waals surface area contributed by atoms with Crippen LogP contribution in [0.25, 0.3) is 0 Å². The highest BCUT2D eigenvalue weighted by Crippen LogP contribution is 2.22. The highest BCUT2D eigenvalue weighted by atomic mass is 32.2. The van der Waals surface area contributed by atoms with Crippen molar-refractivity contribution >= 4 is 15.5 Å². The average Bonchev–Trinajstić information content (AvgIpc) is 2.10. The van der Waals surface area contributed by atoms with Crippen molar-refractivity contribution in [1.82, 2.24) is 0 Å². The quantitative estimate of drug-likeness (QED) is 0.598. The van der Waals surface area contributed by atoms with Crippen LogP contribution in [-0.4, -0.2) is 19.6 Å². The molecule has 16 heavy (non-hydrogen) atoms. The second-order valence-corrected chi connectivity index (χ2v) is 6.01. The van der Waals surface area contributed by atoms with Crippen molar-refractivity contribution in [2.75, 3.05) is 6.26 Å². The van der Waals surface area contributed by atoms with Crippen LogP contribution in [0, 0.1) is 24.0 Å². The van der Waals surface area contributed by atoms with Crippen LogP contribution in [0.5, 0.6) is 0 Å². The van der Waals surface area contributed by atoms with Crippen molar-refractivity contribution in [1.29, 1.82) is 0 Å². The van der Waals surface area contributed by atoms with Gasteiger partial charge in [0.05, 0.1) is 10.7 Å². The number of nitro benzene ring substituents is 1. The van der Waals surface area contributed by atoms with E-state index in [1.807, 2.05) is 0 Å². The van der Waals surface area contributed by atoms with E-state index in [0.29, 0.717) is 5.56 Å². The first kappa shape index (κ1) is 12.6. The van der Waals surface area contributed by atoms with Gasteiger partial charge in [-0.3, -0.25) is 10.1 Å². The molecular weight excluding hydrogens is 230 g/mol. The lowest BCUT2D eigenvalue weighted by molar-refractivity contribution is -0.385. The molecule has 6 heteroatoms. The molecule has 0 amide bonds. The number of nitro groups is 1. The van der Waals surface area contributed by atoms with E-state index >= 15 is 0 Å². The molecular formula is C10H13NO4S. The third-order valence-electron chi connectivity index (χ3n) is 2.39. The van der Waals surface area contributed by atoms with E-state index in [1.54, 1.807) is 13.8 Å². The standard InChI is InChI=1S/C10H13NO4S/c1-7-4-10(11(12)13)5-9(8(7)2)6-16(3,14)15/h4-5H,6H2,1-3H3. The molecule has 1 rings (SSSR count). The minimum atomic E-state index is -3.18. The Hall–Kier alpha value is -1.43. The molecule has 0 aromatic heterocycles. The molecule has 0 bridgehead atoms. The summed E-state index contributed by atoms with van der Waals surface area (Å²) in [7, 11) is -3.18. The Labute approximate surface area is 94.2 Å². The van der Waals surface area contributed by atoms with Crippen molar-refractivity contribution in [2.45, 2.75) is 19.6 Å². The number of benzene rings is 1. The Morgan fingerprint density at radius 2 is 1.88 bits per heavy atom. The highest BCUT2D eigenvalue weighted by Gasteiger charge is 2.14. The van der Waals surface area contributed by atoms with E-state index < -0.39 is 14.8 Å². The van der Waals surface area contributed by atoms with Crippen molar-refractivity contribution in [3.8, 4) is 0 Å². The fraction of sp³-hybridized carbons (Fsp3) is 0.400. The molecule has 0 atom stereocenters. The van der Waals surface area contributed by atoms with Crippen LogP contribution < -0.4 is 0 Å². The van der Waals surface area contributed by atoms with Crippen LogP contribution in [0.2, 0.25) is 0 Å². The lowest BCUT2D eigenvalue weighted by atomic mass is 10.0. The number of aryl methyl sites for hydroxylation is 1. The molecule has 0 aliphatic carbocycles. The Kier molecular flexibility index (Phi) is 3.32. The minimum Gasteiger partial charge on any atom is -0.258 e. The molecule has 0 heterocycles. The van der Waals surface area contributed by atoms with E-state index in [-0.39, 0.29) is 11.4 Å². The Morgan fingerprint density at radius 1 is 1.31 bits per heavy atom. The van der Waals surface area contributed by atoms with Crippen molar-refractivity contribution in [3.63, 3.8) is 0 Å². The van der Waals surface area contributed by atoms with Crippen molar-refractivity contribution in [3.05, 3.63) is 38.9 Å². The molecule has 0 radical (unpaired) electrons. The van der Waals surface area contributed by atoms with Gasteiger partial charge >= 0.3 is 0 Å². The van der Waals surface area contributed by atoms with Gasteiger partial charge in [-0.15, -0.1) is 0 Å². The third kappa shape index (κ3) is 3.03. The number of hydrogen-bond donors (Lipinski definition) is 0. The van der Waals surface area contributed by atoms with Gasteiger partial charge in [-0.25, -0.2) is 8.42 Å². The molecule has 0 aliphatic rings. The molecule has 1 aromatic carbocycles. The second-order valence-electron chi connectivity index (χ2n) is 3.87. The summed E-state index contributed by atoms with van der Waals surface area (Å²) in [5, 5.41) is 10.6. The van der Waals surface area contributed by atoms with E-state index in [0.717, 1.165) is 17.4 Å². The van der Waals surface area contributed by atoms with Gasteiger partial charge in [0, 0.05) is 18.4 Å². The summed E-state index contributed by atoms with van der Waals surface area (Å²) in [6.45, 7) is 3.49. The molecule has 1 aromatic rings. The van der Waals surface area contributed by atoms with Crippen LogP contribution in [0.4, 0.5) is 5.69 Å². The smallest absolute Gasteiger partial charge is 0.258 e. The van der Waals surface area contributed by atoms with E-state index in [1.165, 1.54) is 12.1 Å². The Balaban J connectivity index is 3.33. The zero-order valence-corrected chi connectivity index (χ0v) is 10.2. The van der Waals surface area contributed by atoms with Gasteiger partial charge in [-0.2, -0.15) is 0 Å². The maximum atomic E-state index is 11.2. The van der Waals surface area contributed by atoms with E-state index in [9.17, 15) is 18.5 Å². The van der Waals surface area contributed by atoms with Crippen LogP contribution >= 0.6 is 0 Å². The van der Waals surface area contributed by atoms with Gasteiger partial charge in [0.2, 0.25) is 0 Å². The van der Waals surface area contributed by atoms with Gasteiger partial charge < -0.3 is 0 Å². The number of sulfone groups is 1. The summed E-state index contributed by atoms with van der Waals surface area (Å²) in [4.78, 5) is 10.1. The van der Waals surface area contributed by atoms with Crippen LogP contribution in [-0.2, 0) is 15.6 Å². The summed E-state index contributed by atoms with van der Waals surface area (Å²) < 4.78 is 22.4. The van der Waals surface area contributed by atoms with Crippen molar-refractivity contribution in [2.24, 2.45) is 0 Å². The molecule has 0 spiro atoms. The summed E-state index contributed by atoms with van der Waals surface area (Å²) in [5.41, 5.74) is 1.94. The largest absolute Gasteiger partial charge is 0.270 e. The summed E-state index contributed by atoms with van der Waals surface area (Å²) >= 11 is 0. The maximum absolute atomic E-state index is 11.2. The predicted octanol–water partition coefficient (Wildman–Crippen LogP) is 1.76. The predicted molar refractivity (Wildman–Crippen MR) is 61.1 cm³/mol. The number of nitrogens with zero attached hydrogens (tertiary/aromatic N) is 1. The van der Waals surface area contributed by atoms with E-state index in [2.05, 4.69) is 0 Å². The molecule has 0 aliphatic heterocycles. The van der Waals surface area contributed by atoms with Gasteiger partial charge in [0.15, 0.2) is 9.84 Å². The van der Waals surface area contributed by atoms with Crippen molar-refractivity contribution < 1.29 is 13.3 Å². The first-order valence-electron chi connectivity index (χ1n) is 4.63. The zero-order valence-electron chi connectivity index (χ0n) is 9.35. The maximum Gasteiger partial charge on any atom is 0.270 e. The molecule has 0 unspecified atom stereocenters. The molecule has 88 valence electrons. The first-order valence-corrected chi connectivity index (χ1v) is 6.69. The highest BCUT2D eigenvalue weighted by molar-refractivity contribution is 7.89. The monoisotopic (exact) mass is 243 g/mol. The summed E-state index contributed by atoms with van der Waals surface area (Å²) in [5.74, 6) is -0.165. The first-order chi connectivity index (χ1) is 7.20. The lowest BCUT2D eigenvalue weighted by Crippen LogP contribution is -2.04. The molecule has 0 saturated carbocycles. The second kappa shape index (κ2) is 4.21. The normalized spacial score (nSPS) is 11.4. The van der Waals surface area contributed by atoms with Gasteiger partial charge in [0.1, 0.15) is 0 Å². The van der Waals surface area contributed by atoms with Crippen LogP contribution in [0.3, 0.4) is 0 Å². The number of non-ortho nitro benzene ring substituents is 1. The molecule has 0 N–H and O–H groups in total. The van der Waals surface area contributed by atoms with Crippen LogP contribution in [0.15, 0.2) is 12.1 Å². The minimum absolute atomic E-state index is 0.0678. The number of rotatable bonds is 3. The van der Waals surface area contributed by atoms with Gasteiger partial charge in [-0.1, -0.05) is 0 Å².